The van der Waals surface area contributed by atoms with Gasteiger partial charge in [-0.25, -0.2) is 0 Å². The Kier molecular flexibility index (Phi) is 6.06. The topological polar surface area (TPSA) is 86.6 Å². The molecular formula is C18H31NO4. The second-order valence-corrected chi connectivity index (χ2v) is 7.62. The summed E-state index contributed by atoms with van der Waals surface area (Å²) in [6.45, 7) is 1.96. The van der Waals surface area contributed by atoms with Crippen molar-refractivity contribution in [2.24, 2.45) is 11.3 Å². The molecule has 2 saturated carbocycles. The average Bonchev–Trinajstić information content (AvgIpc) is 3.17. The molecule has 2 fully saturated rings. The summed E-state index contributed by atoms with van der Waals surface area (Å²) < 4.78 is 0. The highest BCUT2D eigenvalue weighted by atomic mass is 16.4. The summed E-state index contributed by atoms with van der Waals surface area (Å²) in [7, 11) is 0. The van der Waals surface area contributed by atoms with Gasteiger partial charge in [0.15, 0.2) is 0 Å². The Labute approximate surface area is 138 Å². The molecule has 0 aromatic heterocycles. The van der Waals surface area contributed by atoms with Crippen LogP contribution in [0.25, 0.3) is 0 Å². The number of carboxylic acids is 1. The third-order valence-electron chi connectivity index (χ3n) is 5.91. The van der Waals surface area contributed by atoms with Gasteiger partial charge >= 0.3 is 5.97 Å². The van der Waals surface area contributed by atoms with Crippen LogP contribution in [0.15, 0.2) is 0 Å². The molecule has 0 aromatic rings. The first-order valence-electron chi connectivity index (χ1n) is 9.13. The molecule has 132 valence electrons. The molecule has 23 heavy (non-hydrogen) atoms. The molecule has 2 aliphatic carbocycles. The number of carbonyl (C=O) groups is 2. The molecule has 0 spiro atoms. The summed E-state index contributed by atoms with van der Waals surface area (Å²) in [5.74, 6) is -1.26. The van der Waals surface area contributed by atoms with Gasteiger partial charge < -0.3 is 15.5 Å². The largest absolute Gasteiger partial charge is 0.481 e. The molecule has 0 aromatic carbocycles. The van der Waals surface area contributed by atoms with E-state index < -0.39 is 22.8 Å². The monoisotopic (exact) mass is 325 g/mol. The van der Waals surface area contributed by atoms with E-state index in [-0.39, 0.29) is 12.5 Å². The molecule has 1 atom stereocenters. The molecule has 2 rings (SSSR count). The van der Waals surface area contributed by atoms with Crippen molar-refractivity contribution in [3.63, 3.8) is 0 Å². The van der Waals surface area contributed by atoms with Crippen LogP contribution in [0, 0.1) is 11.3 Å². The van der Waals surface area contributed by atoms with Gasteiger partial charge in [0, 0.05) is 0 Å². The van der Waals surface area contributed by atoms with Gasteiger partial charge in [0.25, 0.3) is 0 Å². The summed E-state index contributed by atoms with van der Waals surface area (Å²) >= 11 is 0. The number of nitrogens with one attached hydrogen (secondary N) is 1. The van der Waals surface area contributed by atoms with E-state index in [1.807, 2.05) is 6.92 Å². The van der Waals surface area contributed by atoms with Crippen molar-refractivity contribution in [1.29, 1.82) is 0 Å². The Morgan fingerprint density at radius 2 is 1.65 bits per heavy atom. The molecule has 0 heterocycles. The molecule has 1 amide bonds. The maximum Gasteiger partial charge on any atom is 0.306 e. The number of aliphatic hydroxyl groups is 1. The van der Waals surface area contributed by atoms with E-state index in [4.69, 9.17) is 0 Å². The Morgan fingerprint density at radius 3 is 2.13 bits per heavy atom. The fourth-order valence-electron chi connectivity index (χ4n) is 4.46. The number of carboxylic acid groups (broad SMARTS) is 1. The first-order valence-corrected chi connectivity index (χ1v) is 9.13. The average molecular weight is 325 g/mol. The molecule has 0 saturated heterocycles. The van der Waals surface area contributed by atoms with Crippen LogP contribution in [0.3, 0.4) is 0 Å². The lowest BCUT2D eigenvalue weighted by Gasteiger charge is -2.36. The highest BCUT2D eigenvalue weighted by Gasteiger charge is 2.46. The van der Waals surface area contributed by atoms with E-state index in [1.165, 1.54) is 0 Å². The van der Waals surface area contributed by atoms with Crippen molar-refractivity contribution < 1.29 is 19.8 Å². The first kappa shape index (κ1) is 18.2. The van der Waals surface area contributed by atoms with Crippen molar-refractivity contribution >= 4 is 11.9 Å². The van der Waals surface area contributed by atoms with Gasteiger partial charge in [-0.05, 0) is 38.5 Å². The van der Waals surface area contributed by atoms with Gasteiger partial charge in [-0.3, -0.25) is 9.59 Å². The van der Waals surface area contributed by atoms with Crippen molar-refractivity contribution in [3.05, 3.63) is 0 Å². The van der Waals surface area contributed by atoms with Gasteiger partial charge in [0.1, 0.15) is 0 Å². The summed E-state index contributed by atoms with van der Waals surface area (Å²) in [6, 6.07) is 0. The maximum atomic E-state index is 13.0. The fourth-order valence-corrected chi connectivity index (χ4v) is 4.46. The normalized spacial score (nSPS) is 23.6. The predicted molar refractivity (Wildman–Crippen MR) is 88.0 cm³/mol. The number of amides is 1. The van der Waals surface area contributed by atoms with E-state index in [1.54, 1.807) is 0 Å². The minimum Gasteiger partial charge on any atom is -0.481 e. The van der Waals surface area contributed by atoms with Gasteiger partial charge in [0.05, 0.1) is 23.5 Å². The Bertz CT molecular complexity index is 423. The molecule has 5 nitrogen and oxygen atoms in total. The van der Waals surface area contributed by atoms with Gasteiger partial charge in [-0.1, -0.05) is 39.0 Å². The lowest BCUT2D eigenvalue weighted by Crippen LogP contribution is -2.54. The molecule has 2 aliphatic rings. The van der Waals surface area contributed by atoms with Crippen LogP contribution in [-0.2, 0) is 9.59 Å². The quantitative estimate of drug-likeness (QED) is 0.640. The molecular weight excluding hydrogens is 294 g/mol. The van der Waals surface area contributed by atoms with Crippen LogP contribution in [0.5, 0.6) is 0 Å². The van der Waals surface area contributed by atoms with E-state index in [9.17, 15) is 19.8 Å². The summed E-state index contributed by atoms with van der Waals surface area (Å²) in [5.41, 5.74) is -1.03. The molecule has 0 aliphatic heterocycles. The minimum atomic E-state index is -0.788. The summed E-state index contributed by atoms with van der Waals surface area (Å²) in [4.78, 5) is 24.6. The molecule has 0 radical (unpaired) electrons. The number of hydrogen-bond donors (Lipinski definition) is 3. The van der Waals surface area contributed by atoms with Crippen LogP contribution in [-0.4, -0.2) is 34.2 Å². The SMILES string of the molecule is CCCC(CC1(C(=O)NC2(CO)CCCC2)CCCC1)C(=O)O. The van der Waals surface area contributed by atoms with Crippen molar-refractivity contribution in [2.45, 2.75) is 83.1 Å². The predicted octanol–water partition coefficient (Wildman–Crippen LogP) is 2.86. The van der Waals surface area contributed by atoms with Crippen LogP contribution in [0.1, 0.15) is 77.6 Å². The number of carbonyl (C=O) groups excluding carboxylic acids is 1. The highest BCUT2D eigenvalue weighted by molar-refractivity contribution is 5.84. The zero-order chi connectivity index (χ0) is 16.9. The lowest BCUT2D eigenvalue weighted by atomic mass is 9.75. The van der Waals surface area contributed by atoms with E-state index >= 15 is 0 Å². The van der Waals surface area contributed by atoms with Crippen LogP contribution < -0.4 is 5.32 Å². The van der Waals surface area contributed by atoms with Gasteiger partial charge in [-0.2, -0.15) is 0 Å². The third-order valence-corrected chi connectivity index (χ3v) is 5.91. The van der Waals surface area contributed by atoms with E-state index in [0.29, 0.717) is 12.8 Å². The molecule has 3 N–H and O–H groups in total. The standard InChI is InChI=1S/C18H31NO4/c1-2-7-14(15(21)22)12-17(8-3-4-9-17)16(23)19-18(13-20)10-5-6-11-18/h14,20H,2-13H2,1H3,(H,19,23)(H,21,22). The molecule has 1 unspecified atom stereocenters. The van der Waals surface area contributed by atoms with Crippen molar-refractivity contribution in [1.82, 2.24) is 5.32 Å². The first-order chi connectivity index (χ1) is 11.0. The summed E-state index contributed by atoms with van der Waals surface area (Å²) in [5, 5.41) is 22.3. The number of hydrogen-bond acceptors (Lipinski definition) is 3. The van der Waals surface area contributed by atoms with Crippen molar-refractivity contribution in [3.8, 4) is 0 Å². The fraction of sp³-hybridized carbons (Fsp3) is 0.889. The van der Waals surface area contributed by atoms with Crippen LogP contribution in [0.2, 0.25) is 0 Å². The van der Waals surface area contributed by atoms with Crippen molar-refractivity contribution in [2.75, 3.05) is 6.61 Å². The zero-order valence-electron chi connectivity index (χ0n) is 14.3. The van der Waals surface area contributed by atoms with E-state index in [2.05, 4.69) is 5.32 Å². The molecule has 5 heteroatoms. The highest BCUT2D eigenvalue weighted by Crippen LogP contribution is 2.45. The van der Waals surface area contributed by atoms with Gasteiger partial charge in [0.2, 0.25) is 5.91 Å². The Hall–Kier alpha value is -1.10. The number of aliphatic hydroxyl groups excluding tert-OH is 1. The summed E-state index contributed by atoms with van der Waals surface area (Å²) in [6.07, 6.45) is 9.08. The maximum absolute atomic E-state index is 13.0. The second-order valence-electron chi connectivity index (χ2n) is 7.62. The second kappa shape index (κ2) is 7.65. The lowest BCUT2D eigenvalue weighted by molar-refractivity contribution is -0.145. The smallest absolute Gasteiger partial charge is 0.306 e. The van der Waals surface area contributed by atoms with Gasteiger partial charge in [-0.15, -0.1) is 0 Å². The van der Waals surface area contributed by atoms with Crippen LogP contribution in [0.4, 0.5) is 0 Å². The minimum absolute atomic E-state index is 0.0201. The third kappa shape index (κ3) is 4.06. The molecule has 0 bridgehead atoms. The Morgan fingerprint density at radius 1 is 1.09 bits per heavy atom. The van der Waals surface area contributed by atoms with E-state index in [0.717, 1.165) is 57.8 Å². The Balaban J connectivity index is 2.12. The van der Waals surface area contributed by atoms with Crippen LogP contribution >= 0.6 is 0 Å². The number of aliphatic carboxylic acids is 1. The number of rotatable bonds is 8. The zero-order valence-corrected chi connectivity index (χ0v) is 14.3.